The van der Waals surface area contributed by atoms with E-state index in [9.17, 15) is 9.59 Å². The van der Waals surface area contributed by atoms with E-state index in [1.54, 1.807) is 11.3 Å². The molecule has 0 saturated heterocycles. The van der Waals surface area contributed by atoms with Gasteiger partial charge in [-0.1, -0.05) is 65.0 Å². The van der Waals surface area contributed by atoms with Crippen LogP contribution in [0.2, 0.25) is 0 Å². The molecule has 0 unspecified atom stereocenters. The van der Waals surface area contributed by atoms with E-state index in [0.29, 0.717) is 5.92 Å². The summed E-state index contributed by atoms with van der Waals surface area (Å²) in [6, 6.07) is 12.2. The van der Waals surface area contributed by atoms with E-state index < -0.39 is 5.41 Å². The van der Waals surface area contributed by atoms with Crippen molar-refractivity contribution in [2.24, 2.45) is 11.3 Å². The van der Waals surface area contributed by atoms with E-state index >= 15 is 0 Å². The fraction of sp³-hybridized carbons (Fsp3) is 0.455. The van der Waals surface area contributed by atoms with Crippen LogP contribution in [0.5, 0.6) is 0 Å². The standard InChI is InChI=1S/C22H30N2O2S/c1-15(2)13-16-8-10-17(11-9-16)20(18-7-6-12-27-18)24-19(25)14-23-21(26)22(3,4)5/h6-12,15,20H,13-14H2,1-5H3,(H,23,26)(H,24,25)/t20-/m1/s1. The molecule has 146 valence electrons. The average molecular weight is 387 g/mol. The molecule has 2 aromatic rings. The summed E-state index contributed by atoms with van der Waals surface area (Å²) in [6.07, 6.45) is 1.04. The van der Waals surface area contributed by atoms with Gasteiger partial charge in [0.1, 0.15) is 0 Å². The number of nitrogens with one attached hydrogen (secondary N) is 2. The predicted octanol–water partition coefficient (Wildman–Crippen LogP) is 4.31. The first-order valence-electron chi connectivity index (χ1n) is 9.36. The number of hydrogen-bond donors (Lipinski definition) is 2. The van der Waals surface area contributed by atoms with Gasteiger partial charge < -0.3 is 10.6 Å². The lowest BCUT2D eigenvalue weighted by Gasteiger charge is -2.21. The van der Waals surface area contributed by atoms with Crippen molar-refractivity contribution in [3.8, 4) is 0 Å². The van der Waals surface area contributed by atoms with Gasteiger partial charge in [-0.15, -0.1) is 11.3 Å². The number of hydrogen-bond acceptors (Lipinski definition) is 3. The number of amides is 2. The van der Waals surface area contributed by atoms with Gasteiger partial charge in [-0.25, -0.2) is 0 Å². The van der Waals surface area contributed by atoms with Gasteiger partial charge in [-0.05, 0) is 34.9 Å². The SMILES string of the molecule is CC(C)Cc1ccc([C@@H](NC(=O)CNC(=O)C(C)(C)C)c2cccs2)cc1. The summed E-state index contributed by atoms with van der Waals surface area (Å²) in [7, 11) is 0. The second-order valence-electron chi connectivity index (χ2n) is 8.29. The molecular weight excluding hydrogens is 356 g/mol. The third-order valence-electron chi connectivity index (χ3n) is 4.18. The Labute approximate surface area is 166 Å². The van der Waals surface area contributed by atoms with Crippen molar-refractivity contribution in [3.63, 3.8) is 0 Å². The lowest BCUT2D eigenvalue weighted by molar-refractivity contribution is -0.131. The lowest BCUT2D eigenvalue weighted by Crippen LogP contribution is -2.42. The minimum atomic E-state index is -0.514. The van der Waals surface area contributed by atoms with Crippen LogP contribution in [0.1, 0.15) is 56.7 Å². The van der Waals surface area contributed by atoms with E-state index in [2.05, 4.69) is 48.7 Å². The average Bonchev–Trinajstić information content (AvgIpc) is 3.11. The highest BCUT2D eigenvalue weighted by Crippen LogP contribution is 2.26. The first-order valence-corrected chi connectivity index (χ1v) is 10.2. The van der Waals surface area contributed by atoms with Crippen LogP contribution in [-0.4, -0.2) is 18.4 Å². The Kier molecular flexibility index (Phi) is 7.19. The quantitative estimate of drug-likeness (QED) is 0.745. The van der Waals surface area contributed by atoms with Gasteiger partial charge in [0.15, 0.2) is 0 Å². The van der Waals surface area contributed by atoms with E-state index in [1.165, 1.54) is 5.56 Å². The molecule has 0 aliphatic carbocycles. The molecule has 1 atom stereocenters. The molecule has 0 radical (unpaired) electrons. The minimum absolute atomic E-state index is 0.0244. The van der Waals surface area contributed by atoms with Crippen molar-refractivity contribution in [3.05, 3.63) is 57.8 Å². The largest absolute Gasteiger partial charge is 0.347 e. The number of thiophene rings is 1. The second-order valence-corrected chi connectivity index (χ2v) is 9.27. The fourth-order valence-electron chi connectivity index (χ4n) is 2.73. The van der Waals surface area contributed by atoms with Crippen molar-refractivity contribution in [1.82, 2.24) is 10.6 Å². The summed E-state index contributed by atoms with van der Waals surface area (Å²) in [5.41, 5.74) is 1.82. The maximum atomic E-state index is 12.4. The molecule has 27 heavy (non-hydrogen) atoms. The normalized spacial score (nSPS) is 12.7. The Morgan fingerprint density at radius 3 is 2.26 bits per heavy atom. The van der Waals surface area contributed by atoms with Crippen LogP contribution < -0.4 is 10.6 Å². The summed E-state index contributed by atoms with van der Waals surface area (Å²) in [5.74, 6) is 0.274. The summed E-state index contributed by atoms with van der Waals surface area (Å²) < 4.78 is 0. The molecule has 5 heteroatoms. The predicted molar refractivity (Wildman–Crippen MR) is 112 cm³/mol. The van der Waals surface area contributed by atoms with E-state index in [0.717, 1.165) is 16.9 Å². The zero-order valence-electron chi connectivity index (χ0n) is 16.8. The third kappa shape index (κ3) is 6.51. The van der Waals surface area contributed by atoms with Gasteiger partial charge >= 0.3 is 0 Å². The zero-order chi connectivity index (χ0) is 20.0. The maximum Gasteiger partial charge on any atom is 0.240 e. The highest BCUT2D eigenvalue weighted by atomic mass is 32.1. The number of benzene rings is 1. The van der Waals surface area contributed by atoms with Gasteiger partial charge in [0.25, 0.3) is 0 Å². The molecule has 1 aromatic heterocycles. The molecule has 4 nitrogen and oxygen atoms in total. The summed E-state index contributed by atoms with van der Waals surface area (Å²) in [4.78, 5) is 25.5. The van der Waals surface area contributed by atoms with Crippen LogP contribution in [0.25, 0.3) is 0 Å². The Balaban J connectivity index is 2.09. The Bertz CT molecular complexity index is 744. The lowest BCUT2D eigenvalue weighted by atomic mass is 9.96. The molecule has 2 rings (SSSR count). The molecule has 2 amide bonds. The van der Waals surface area contributed by atoms with Gasteiger partial charge in [0.2, 0.25) is 11.8 Å². The Morgan fingerprint density at radius 1 is 1.07 bits per heavy atom. The van der Waals surface area contributed by atoms with Gasteiger partial charge in [0, 0.05) is 10.3 Å². The van der Waals surface area contributed by atoms with Gasteiger partial charge in [-0.3, -0.25) is 9.59 Å². The van der Waals surface area contributed by atoms with Crippen molar-refractivity contribution >= 4 is 23.2 Å². The van der Waals surface area contributed by atoms with Crippen LogP contribution >= 0.6 is 11.3 Å². The van der Waals surface area contributed by atoms with Crippen molar-refractivity contribution in [2.75, 3.05) is 6.54 Å². The summed E-state index contributed by atoms with van der Waals surface area (Å²) >= 11 is 1.61. The van der Waals surface area contributed by atoms with E-state index in [4.69, 9.17) is 0 Å². The summed E-state index contributed by atoms with van der Waals surface area (Å²) in [6.45, 7) is 9.86. The molecular formula is C22H30N2O2S. The number of rotatable bonds is 7. The Morgan fingerprint density at radius 2 is 1.74 bits per heavy atom. The molecule has 0 aliphatic rings. The summed E-state index contributed by atoms with van der Waals surface area (Å²) in [5, 5.41) is 7.77. The van der Waals surface area contributed by atoms with E-state index in [1.807, 2.05) is 38.3 Å². The molecule has 1 aromatic carbocycles. The molecule has 0 aliphatic heterocycles. The van der Waals surface area contributed by atoms with Gasteiger partial charge in [-0.2, -0.15) is 0 Å². The molecule has 1 heterocycles. The van der Waals surface area contributed by atoms with Crippen LogP contribution in [-0.2, 0) is 16.0 Å². The van der Waals surface area contributed by atoms with Crippen LogP contribution in [0.4, 0.5) is 0 Å². The first kappa shape index (κ1) is 21.2. The molecule has 0 bridgehead atoms. The van der Waals surface area contributed by atoms with Crippen LogP contribution in [0.3, 0.4) is 0 Å². The van der Waals surface area contributed by atoms with Crippen LogP contribution in [0.15, 0.2) is 41.8 Å². The molecule has 0 saturated carbocycles. The topological polar surface area (TPSA) is 58.2 Å². The monoisotopic (exact) mass is 386 g/mol. The molecule has 2 N–H and O–H groups in total. The second kappa shape index (κ2) is 9.18. The van der Waals surface area contributed by atoms with Gasteiger partial charge in [0.05, 0.1) is 12.6 Å². The maximum absolute atomic E-state index is 12.4. The first-order chi connectivity index (χ1) is 12.7. The van der Waals surface area contributed by atoms with E-state index in [-0.39, 0.29) is 24.4 Å². The number of carbonyl (C=O) groups excluding carboxylic acids is 2. The zero-order valence-corrected chi connectivity index (χ0v) is 17.7. The number of carbonyl (C=O) groups is 2. The highest BCUT2D eigenvalue weighted by Gasteiger charge is 2.23. The molecule has 0 fully saturated rings. The van der Waals surface area contributed by atoms with Crippen molar-refractivity contribution < 1.29 is 9.59 Å². The highest BCUT2D eigenvalue weighted by molar-refractivity contribution is 7.10. The fourth-order valence-corrected chi connectivity index (χ4v) is 3.53. The van der Waals surface area contributed by atoms with Crippen molar-refractivity contribution in [1.29, 1.82) is 0 Å². The van der Waals surface area contributed by atoms with Crippen molar-refractivity contribution in [2.45, 2.75) is 47.1 Å². The Hall–Kier alpha value is -2.14. The smallest absolute Gasteiger partial charge is 0.240 e. The minimum Gasteiger partial charge on any atom is -0.347 e. The van der Waals surface area contributed by atoms with Crippen LogP contribution in [0, 0.1) is 11.3 Å². The molecule has 0 spiro atoms. The third-order valence-corrected chi connectivity index (χ3v) is 5.12.